The van der Waals surface area contributed by atoms with Crippen molar-refractivity contribution in [3.63, 3.8) is 0 Å². The Morgan fingerprint density at radius 1 is 0.891 bits per heavy atom. The summed E-state index contributed by atoms with van der Waals surface area (Å²) in [7, 11) is 2.82. The third-order valence-corrected chi connectivity index (χ3v) is 7.67. The summed E-state index contributed by atoms with van der Waals surface area (Å²) < 4.78 is 25.4. The van der Waals surface area contributed by atoms with Gasteiger partial charge in [0.15, 0.2) is 23.0 Å². The molecule has 0 aromatic carbocycles. The summed E-state index contributed by atoms with van der Waals surface area (Å²) in [5, 5.41) is 8.99. The predicted octanol–water partition coefficient (Wildman–Crippen LogP) is 1.56. The summed E-state index contributed by atoms with van der Waals surface area (Å²) >= 11 is 0. The highest BCUT2D eigenvalue weighted by molar-refractivity contribution is 5.99. The molecule has 14 heteroatoms. The van der Waals surface area contributed by atoms with Gasteiger partial charge in [-0.05, 0) is 45.4 Å². The maximum absolute atomic E-state index is 13.1. The number of aryl methyl sites for hydroxylation is 1. The molecule has 0 spiro atoms. The Bertz CT molecular complexity index is 1210. The summed E-state index contributed by atoms with van der Waals surface area (Å²) in [4.78, 5) is 62.8. The number of ether oxygens (including phenoxy) is 4. The lowest BCUT2D eigenvalue weighted by molar-refractivity contribution is -0.135. The molecular weight excluding hydrogens is 600 g/mol. The van der Waals surface area contributed by atoms with Crippen LogP contribution in [-0.4, -0.2) is 104 Å². The van der Waals surface area contributed by atoms with Gasteiger partial charge >= 0.3 is 0 Å². The zero-order chi connectivity index (χ0) is 34.8. The highest BCUT2D eigenvalue weighted by atomic mass is 16.6. The highest BCUT2D eigenvalue weighted by Crippen LogP contribution is 2.30. The normalized spacial score (nSPS) is 22.6. The molecule has 2 amide bonds. The van der Waals surface area contributed by atoms with Crippen LogP contribution in [0.1, 0.15) is 77.1 Å². The van der Waals surface area contributed by atoms with E-state index in [4.69, 9.17) is 29.2 Å². The number of aromatic nitrogens is 1. The van der Waals surface area contributed by atoms with E-state index in [1.54, 1.807) is 20.8 Å². The number of epoxide rings is 2. The van der Waals surface area contributed by atoms with Crippen molar-refractivity contribution in [1.29, 1.82) is 0 Å². The number of carbonyl (C=O) groups excluding carboxylic acids is 5. The second kappa shape index (κ2) is 17.2. The zero-order valence-corrected chi connectivity index (χ0v) is 28.6. The van der Waals surface area contributed by atoms with Crippen LogP contribution in [0.2, 0.25) is 0 Å². The summed E-state index contributed by atoms with van der Waals surface area (Å²) in [6.45, 7) is 13.9. The number of amides is 2. The molecule has 6 atom stereocenters. The number of hydrogen-bond acceptors (Lipinski definition) is 12. The molecule has 3 heterocycles. The van der Waals surface area contributed by atoms with Crippen molar-refractivity contribution < 1.29 is 47.4 Å². The van der Waals surface area contributed by atoms with E-state index in [0.29, 0.717) is 31.3 Å². The number of methoxy groups -OCH3 is 2. The third kappa shape index (κ3) is 12.0. The van der Waals surface area contributed by atoms with Gasteiger partial charge in [0.2, 0.25) is 5.91 Å². The fourth-order valence-corrected chi connectivity index (χ4v) is 4.77. The summed E-state index contributed by atoms with van der Waals surface area (Å²) in [5.41, 5.74) is 4.32. The van der Waals surface area contributed by atoms with Crippen molar-refractivity contribution in [2.75, 3.05) is 40.6 Å². The summed E-state index contributed by atoms with van der Waals surface area (Å²) in [6.07, 6.45) is 0.969. The first-order valence-corrected chi connectivity index (χ1v) is 15.6. The van der Waals surface area contributed by atoms with Gasteiger partial charge in [0.1, 0.15) is 23.0 Å². The lowest BCUT2D eigenvalue weighted by atomic mass is 9.92. The molecule has 2 saturated heterocycles. The predicted molar refractivity (Wildman–Crippen MR) is 167 cm³/mol. The smallest absolute Gasteiger partial charge is 0.274 e. The second-order valence-corrected chi connectivity index (χ2v) is 13.3. The Kier molecular flexibility index (Phi) is 14.6. The maximum atomic E-state index is 13.1. The lowest BCUT2D eigenvalue weighted by Crippen LogP contribution is -2.50. The molecule has 2 aliphatic heterocycles. The SMILES string of the molecule is CC(C)C[C@H](N)C(=O)[C@@]1(C)CO1.COC[C@H](CC(=O)[C@H](COC)NC(=O)c1cc(C)on1)C(=O)N[C@@H](CC(C)C)C(=O)[C@@]1(C)CO1. The van der Waals surface area contributed by atoms with Crippen LogP contribution in [0.3, 0.4) is 0 Å². The van der Waals surface area contributed by atoms with E-state index in [2.05, 4.69) is 29.6 Å². The molecule has 1 aromatic heterocycles. The van der Waals surface area contributed by atoms with Gasteiger partial charge < -0.3 is 39.8 Å². The Labute approximate surface area is 271 Å². The van der Waals surface area contributed by atoms with E-state index in [-0.39, 0.29) is 48.9 Å². The van der Waals surface area contributed by atoms with Crippen molar-refractivity contribution in [2.45, 2.75) is 97.1 Å². The van der Waals surface area contributed by atoms with Crippen molar-refractivity contribution in [2.24, 2.45) is 23.5 Å². The molecule has 0 aliphatic carbocycles. The topological polar surface area (TPSA) is 205 Å². The minimum atomic E-state index is -1.01. The minimum absolute atomic E-state index is 0.0309. The molecule has 260 valence electrons. The van der Waals surface area contributed by atoms with Crippen molar-refractivity contribution in [3.05, 3.63) is 17.5 Å². The number of nitrogens with two attached hydrogens (primary N) is 1. The number of rotatable bonds is 19. The number of Topliss-reactive ketones (excluding diaryl/α,β-unsaturated/α-hetero) is 3. The van der Waals surface area contributed by atoms with E-state index >= 15 is 0 Å². The molecule has 2 aliphatic rings. The van der Waals surface area contributed by atoms with Crippen LogP contribution in [0.4, 0.5) is 0 Å². The van der Waals surface area contributed by atoms with Gasteiger partial charge in [-0.3, -0.25) is 24.0 Å². The van der Waals surface area contributed by atoms with E-state index in [0.717, 1.165) is 6.42 Å². The average molecular weight is 653 g/mol. The van der Waals surface area contributed by atoms with E-state index in [1.807, 2.05) is 13.8 Å². The number of nitrogens with zero attached hydrogens (tertiary/aromatic N) is 1. The number of carbonyl (C=O) groups is 5. The van der Waals surface area contributed by atoms with Crippen LogP contribution >= 0.6 is 0 Å². The standard InChI is InChI=1S/C23H35N3O8.C9H17NO2/c1-13(2)7-16(20(28)23(4)12-33-23)24-21(29)15(10-31-5)9-19(27)18(11-32-6)25-22(30)17-8-14(3)34-26-17;1-6(2)4-7(10)8(11)9(3)5-12-9/h8,13,15-16,18H,7,9-12H2,1-6H3,(H,24,29)(H,25,30);6-7H,4-5,10H2,1-3H3/t15-,16-,18-,23+;7-,9+/m00/s1. The first-order valence-electron chi connectivity index (χ1n) is 15.6. The Morgan fingerprint density at radius 2 is 1.43 bits per heavy atom. The largest absolute Gasteiger partial charge is 0.384 e. The quantitative estimate of drug-likeness (QED) is 0.182. The molecule has 46 heavy (non-hydrogen) atoms. The Hall–Kier alpha value is -3.04. The van der Waals surface area contributed by atoms with Gasteiger partial charge in [-0.1, -0.05) is 32.9 Å². The molecule has 2 fully saturated rings. The van der Waals surface area contributed by atoms with Crippen LogP contribution in [0.15, 0.2) is 10.6 Å². The van der Waals surface area contributed by atoms with Gasteiger partial charge in [-0.15, -0.1) is 0 Å². The van der Waals surface area contributed by atoms with Crippen molar-refractivity contribution in [3.8, 4) is 0 Å². The fraction of sp³-hybridized carbons (Fsp3) is 0.750. The van der Waals surface area contributed by atoms with Crippen LogP contribution in [-0.2, 0) is 38.1 Å². The van der Waals surface area contributed by atoms with Crippen molar-refractivity contribution >= 4 is 29.2 Å². The lowest BCUT2D eigenvalue weighted by Gasteiger charge is -2.25. The molecule has 1 aromatic rings. The summed E-state index contributed by atoms with van der Waals surface area (Å²) in [6, 6.07) is -0.647. The first-order chi connectivity index (χ1) is 21.5. The summed E-state index contributed by atoms with van der Waals surface area (Å²) in [5.74, 6) is -1.43. The Balaban J connectivity index is 0.000000512. The van der Waals surface area contributed by atoms with Gasteiger partial charge in [-0.2, -0.15) is 0 Å². The van der Waals surface area contributed by atoms with Gasteiger partial charge in [0, 0.05) is 26.7 Å². The first kappa shape index (κ1) is 39.1. The molecule has 14 nitrogen and oxygen atoms in total. The van der Waals surface area contributed by atoms with Crippen LogP contribution in [0.5, 0.6) is 0 Å². The van der Waals surface area contributed by atoms with Gasteiger partial charge in [0.25, 0.3) is 5.91 Å². The fourth-order valence-electron chi connectivity index (χ4n) is 4.77. The van der Waals surface area contributed by atoms with Crippen molar-refractivity contribution in [1.82, 2.24) is 15.8 Å². The molecular formula is C32H52N4O10. The molecule has 4 N–H and O–H groups in total. The van der Waals surface area contributed by atoms with Gasteiger partial charge in [0.05, 0.1) is 44.4 Å². The van der Waals surface area contributed by atoms with E-state index < -0.39 is 46.8 Å². The van der Waals surface area contributed by atoms with Crippen LogP contribution < -0.4 is 16.4 Å². The van der Waals surface area contributed by atoms with Crippen LogP contribution in [0, 0.1) is 24.7 Å². The van der Waals surface area contributed by atoms with E-state index in [9.17, 15) is 24.0 Å². The Morgan fingerprint density at radius 3 is 1.89 bits per heavy atom. The number of hydrogen-bond donors (Lipinski definition) is 3. The van der Waals surface area contributed by atoms with E-state index in [1.165, 1.54) is 20.3 Å². The maximum Gasteiger partial charge on any atom is 0.274 e. The molecule has 0 radical (unpaired) electrons. The molecule has 0 unspecified atom stereocenters. The molecule has 3 rings (SSSR count). The minimum Gasteiger partial charge on any atom is -0.384 e. The average Bonchev–Trinajstić information content (AvgIpc) is 3.87. The van der Waals surface area contributed by atoms with Gasteiger partial charge in [-0.25, -0.2) is 0 Å². The number of nitrogens with one attached hydrogen (secondary N) is 2. The zero-order valence-electron chi connectivity index (χ0n) is 28.6. The molecule has 0 bridgehead atoms. The molecule has 0 saturated carbocycles. The highest BCUT2D eigenvalue weighted by Gasteiger charge is 2.50. The monoisotopic (exact) mass is 652 g/mol. The third-order valence-electron chi connectivity index (χ3n) is 7.67. The second-order valence-electron chi connectivity index (χ2n) is 13.3. The van der Waals surface area contributed by atoms with Crippen LogP contribution in [0.25, 0.3) is 0 Å². The number of ketones is 3.